The van der Waals surface area contributed by atoms with Gasteiger partial charge in [-0.25, -0.2) is 17.9 Å². The summed E-state index contributed by atoms with van der Waals surface area (Å²) in [6.45, 7) is -0.216. The van der Waals surface area contributed by atoms with E-state index in [0.717, 1.165) is 0 Å². The number of rotatable bonds is 6. The molecule has 102 valence electrons. The predicted molar refractivity (Wildman–Crippen MR) is 64.6 cm³/mol. The molecule has 1 atom stereocenters. The number of carboxylic acid groups (broad SMARTS) is 1. The minimum atomic E-state index is -3.82. The molecule has 0 heterocycles. The number of aliphatic hydroxyl groups is 1. The number of carboxylic acids is 1. The summed E-state index contributed by atoms with van der Waals surface area (Å²) in [5.74, 6) is -1.41. The van der Waals surface area contributed by atoms with Gasteiger partial charge in [0.05, 0.1) is 16.5 Å². The molecule has 0 aliphatic rings. The van der Waals surface area contributed by atoms with E-state index < -0.39 is 22.1 Å². The van der Waals surface area contributed by atoms with Crippen LogP contribution in [0.15, 0.2) is 29.2 Å². The van der Waals surface area contributed by atoms with E-state index in [4.69, 9.17) is 15.5 Å². The summed E-state index contributed by atoms with van der Waals surface area (Å²) in [4.78, 5) is 10.3. The van der Waals surface area contributed by atoms with Crippen molar-refractivity contribution in [3.05, 3.63) is 29.8 Å². The van der Waals surface area contributed by atoms with Crippen molar-refractivity contribution in [2.45, 2.75) is 17.4 Å². The zero-order valence-electron chi connectivity index (χ0n) is 9.78. The molecule has 0 bridgehead atoms. The number of aliphatic carboxylic acids is 1. The van der Waals surface area contributed by atoms with Gasteiger partial charge in [0.1, 0.15) is 0 Å². The molecule has 0 saturated heterocycles. The molecule has 7 nitrogen and oxygen atoms in total. The summed E-state index contributed by atoms with van der Waals surface area (Å²) in [6.07, 6.45) is -1.86. The van der Waals surface area contributed by atoms with Crippen LogP contribution < -0.4 is 4.72 Å². The summed E-state index contributed by atoms with van der Waals surface area (Å²) in [5, 5.41) is 26.1. The number of nitriles is 1. The van der Waals surface area contributed by atoms with Crippen LogP contribution in [0.25, 0.3) is 0 Å². The highest BCUT2D eigenvalue weighted by molar-refractivity contribution is 7.89. The lowest BCUT2D eigenvalue weighted by Crippen LogP contribution is -2.30. The fourth-order valence-electron chi connectivity index (χ4n) is 1.27. The summed E-state index contributed by atoms with van der Waals surface area (Å²) in [5.41, 5.74) is 0.202. The van der Waals surface area contributed by atoms with Gasteiger partial charge in [-0.05, 0) is 24.6 Å². The van der Waals surface area contributed by atoms with Gasteiger partial charge >= 0.3 is 5.97 Å². The van der Waals surface area contributed by atoms with Crippen LogP contribution in [0.1, 0.15) is 12.0 Å². The van der Waals surface area contributed by atoms with Crippen LogP contribution in [0, 0.1) is 11.3 Å². The highest BCUT2D eigenvalue weighted by atomic mass is 32.2. The average molecular weight is 284 g/mol. The van der Waals surface area contributed by atoms with E-state index in [1.807, 2.05) is 6.07 Å². The summed E-state index contributed by atoms with van der Waals surface area (Å²) >= 11 is 0. The third kappa shape index (κ3) is 4.33. The third-order valence-corrected chi connectivity index (χ3v) is 3.73. The Balaban J connectivity index is 2.71. The van der Waals surface area contributed by atoms with Gasteiger partial charge in [0.15, 0.2) is 6.10 Å². The number of benzene rings is 1. The smallest absolute Gasteiger partial charge is 0.332 e. The second kappa shape index (κ2) is 6.29. The summed E-state index contributed by atoms with van der Waals surface area (Å²) < 4.78 is 25.8. The Bertz CT molecular complexity index is 606. The SMILES string of the molecule is N#Cc1cccc(S(=O)(=O)NCC[C@H](O)C(=O)O)c1. The second-order valence-electron chi connectivity index (χ2n) is 3.68. The van der Waals surface area contributed by atoms with Gasteiger partial charge in [-0.2, -0.15) is 5.26 Å². The van der Waals surface area contributed by atoms with Crippen molar-refractivity contribution in [3.63, 3.8) is 0 Å². The van der Waals surface area contributed by atoms with Crippen LogP contribution in [0.5, 0.6) is 0 Å². The van der Waals surface area contributed by atoms with E-state index in [2.05, 4.69) is 4.72 Å². The fourth-order valence-corrected chi connectivity index (χ4v) is 2.36. The number of hydrogen-bond donors (Lipinski definition) is 3. The van der Waals surface area contributed by atoms with Crippen LogP contribution in [-0.4, -0.2) is 37.2 Å². The Hall–Kier alpha value is -1.95. The molecule has 0 spiro atoms. The first-order valence-electron chi connectivity index (χ1n) is 5.27. The maximum absolute atomic E-state index is 11.8. The molecular formula is C11H12N2O5S. The minimum Gasteiger partial charge on any atom is -0.479 e. The zero-order valence-corrected chi connectivity index (χ0v) is 10.6. The van der Waals surface area contributed by atoms with Gasteiger partial charge < -0.3 is 10.2 Å². The van der Waals surface area contributed by atoms with Crippen LogP contribution >= 0.6 is 0 Å². The van der Waals surface area contributed by atoms with Crippen LogP contribution in [0.2, 0.25) is 0 Å². The van der Waals surface area contributed by atoms with E-state index in [-0.39, 0.29) is 23.4 Å². The van der Waals surface area contributed by atoms with Crippen molar-refractivity contribution >= 4 is 16.0 Å². The van der Waals surface area contributed by atoms with E-state index >= 15 is 0 Å². The Kier molecular flexibility index (Phi) is 5.00. The molecule has 0 saturated carbocycles. The molecule has 0 radical (unpaired) electrons. The zero-order chi connectivity index (χ0) is 14.5. The van der Waals surface area contributed by atoms with Crippen molar-refractivity contribution in [2.24, 2.45) is 0 Å². The quantitative estimate of drug-likeness (QED) is 0.656. The number of sulfonamides is 1. The Morgan fingerprint density at radius 2 is 2.16 bits per heavy atom. The van der Waals surface area contributed by atoms with Gasteiger partial charge in [-0.3, -0.25) is 0 Å². The molecule has 0 amide bonds. The maximum atomic E-state index is 11.8. The Morgan fingerprint density at radius 3 is 2.74 bits per heavy atom. The molecular weight excluding hydrogens is 272 g/mol. The van der Waals surface area contributed by atoms with Gasteiger partial charge in [0.2, 0.25) is 10.0 Å². The molecule has 19 heavy (non-hydrogen) atoms. The van der Waals surface area contributed by atoms with Gasteiger partial charge in [0, 0.05) is 6.54 Å². The normalized spacial score (nSPS) is 12.6. The summed E-state index contributed by atoms with van der Waals surface area (Å²) in [6, 6.07) is 7.23. The monoisotopic (exact) mass is 284 g/mol. The number of aliphatic hydroxyl groups excluding tert-OH is 1. The Morgan fingerprint density at radius 1 is 1.47 bits per heavy atom. The van der Waals surface area contributed by atoms with Crippen molar-refractivity contribution in [2.75, 3.05) is 6.54 Å². The van der Waals surface area contributed by atoms with E-state index in [0.29, 0.717) is 0 Å². The molecule has 8 heteroatoms. The molecule has 0 aliphatic heterocycles. The lowest BCUT2D eigenvalue weighted by Gasteiger charge is -2.08. The van der Waals surface area contributed by atoms with E-state index in [1.165, 1.54) is 24.3 Å². The molecule has 0 fully saturated rings. The van der Waals surface area contributed by atoms with Crippen molar-refractivity contribution < 1.29 is 23.4 Å². The molecule has 1 rings (SSSR count). The molecule has 0 unspecified atom stereocenters. The van der Waals surface area contributed by atoms with E-state index in [9.17, 15) is 13.2 Å². The van der Waals surface area contributed by atoms with E-state index in [1.54, 1.807) is 0 Å². The van der Waals surface area contributed by atoms with Gasteiger partial charge in [-0.1, -0.05) is 6.07 Å². The lowest BCUT2D eigenvalue weighted by atomic mass is 10.2. The summed E-state index contributed by atoms with van der Waals surface area (Å²) in [7, 11) is -3.82. The first kappa shape index (κ1) is 15.1. The third-order valence-electron chi connectivity index (χ3n) is 2.27. The second-order valence-corrected chi connectivity index (χ2v) is 5.45. The first-order valence-corrected chi connectivity index (χ1v) is 6.76. The van der Waals surface area contributed by atoms with Crippen molar-refractivity contribution in [1.29, 1.82) is 5.26 Å². The molecule has 1 aromatic rings. The first-order chi connectivity index (χ1) is 8.86. The molecule has 1 aromatic carbocycles. The predicted octanol–water partition coefficient (Wildman–Crippen LogP) is -0.328. The molecule has 0 aliphatic carbocycles. The number of nitrogens with zero attached hydrogens (tertiary/aromatic N) is 1. The highest BCUT2D eigenvalue weighted by Gasteiger charge is 2.17. The van der Waals surface area contributed by atoms with Crippen molar-refractivity contribution in [1.82, 2.24) is 4.72 Å². The highest BCUT2D eigenvalue weighted by Crippen LogP contribution is 2.10. The van der Waals surface area contributed by atoms with Gasteiger partial charge in [0.25, 0.3) is 0 Å². The number of hydrogen-bond acceptors (Lipinski definition) is 5. The Labute approximate surface area is 110 Å². The van der Waals surface area contributed by atoms with Crippen molar-refractivity contribution in [3.8, 4) is 6.07 Å². The largest absolute Gasteiger partial charge is 0.479 e. The van der Waals surface area contributed by atoms with Gasteiger partial charge in [-0.15, -0.1) is 0 Å². The van der Waals surface area contributed by atoms with Crippen LogP contribution in [0.3, 0.4) is 0 Å². The maximum Gasteiger partial charge on any atom is 0.332 e. The fraction of sp³-hybridized carbons (Fsp3) is 0.273. The van der Waals surface area contributed by atoms with Crippen LogP contribution in [0.4, 0.5) is 0 Å². The lowest BCUT2D eigenvalue weighted by molar-refractivity contribution is -0.146. The minimum absolute atomic E-state index is 0.0867. The average Bonchev–Trinajstić information content (AvgIpc) is 2.38. The van der Waals surface area contributed by atoms with Crippen LogP contribution in [-0.2, 0) is 14.8 Å². The number of carbonyl (C=O) groups is 1. The molecule has 3 N–H and O–H groups in total. The topological polar surface area (TPSA) is 127 Å². The standard InChI is InChI=1S/C11H12N2O5S/c12-7-8-2-1-3-9(6-8)19(17,18)13-5-4-10(14)11(15)16/h1-3,6,10,13-14H,4-5H2,(H,15,16)/t10-/m0/s1. The number of nitrogens with one attached hydrogen (secondary N) is 1. The molecule has 0 aromatic heterocycles.